The molecule has 13 heavy (non-hydrogen) atoms. The van der Waals surface area contributed by atoms with Gasteiger partial charge in [0, 0.05) is 5.56 Å². The Balaban J connectivity index is 3.21. The molecule has 0 aliphatic rings. The van der Waals surface area contributed by atoms with E-state index < -0.39 is 6.10 Å². The Hall–Kier alpha value is -1.06. The zero-order valence-corrected chi connectivity index (χ0v) is 7.82. The van der Waals surface area contributed by atoms with Gasteiger partial charge in [0.25, 0.3) is 0 Å². The third-order valence-electron chi connectivity index (χ3n) is 1.96. The normalized spacial score (nSPS) is 12.6. The van der Waals surface area contributed by atoms with Gasteiger partial charge in [0.15, 0.2) is 0 Å². The molecular formula is C10H14O3. The first-order valence-corrected chi connectivity index (χ1v) is 4.15. The second kappa shape index (κ2) is 4.25. The minimum absolute atomic E-state index is 0.0859. The van der Waals surface area contributed by atoms with E-state index in [2.05, 4.69) is 0 Å². The van der Waals surface area contributed by atoms with Crippen molar-refractivity contribution >= 4 is 0 Å². The Labute approximate surface area is 77.6 Å². The summed E-state index contributed by atoms with van der Waals surface area (Å²) in [5.41, 5.74) is 1.36. The van der Waals surface area contributed by atoms with Crippen molar-refractivity contribution < 1.29 is 14.9 Å². The zero-order valence-electron chi connectivity index (χ0n) is 7.82. The molecular weight excluding hydrogens is 168 g/mol. The van der Waals surface area contributed by atoms with E-state index >= 15 is 0 Å². The lowest BCUT2D eigenvalue weighted by Gasteiger charge is -2.14. The highest BCUT2D eigenvalue weighted by Gasteiger charge is 2.12. The fraction of sp³-hybridized carbons (Fsp3) is 0.400. The molecule has 0 spiro atoms. The first-order valence-electron chi connectivity index (χ1n) is 4.15. The zero-order chi connectivity index (χ0) is 9.84. The average molecular weight is 182 g/mol. The summed E-state index contributed by atoms with van der Waals surface area (Å²) in [6, 6.07) is 5.32. The van der Waals surface area contributed by atoms with Gasteiger partial charge in [0.1, 0.15) is 5.75 Å². The van der Waals surface area contributed by atoms with Gasteiger partial charge in [-0.25, -0.2) is 0 Å². The maximum atomic E-state index is 9.46. The van der Waals surface area contributed by atoms with E-state index in [1.807, 2.05) is 0 Å². The molecule has 0 saturated heterocycles. The van der Waals surface area contributed by atoms with Gasteiger partial charge in [-0.1, -0.05) is 12.1 Å². The molecule has 0 bridgehead atoms. The molecule has 72 valence electrons. The van der Waals surface area contributed by atoms with Crippen LogP contribution < -0.4 is 4.74 Å². The SMILES string of the molecule is COc1cccc(CO)c1C(C)O. The summed E-state index contributed by atoms with van der Waals surface area (Å²) >= 11 is 0. The summed E-state index contributed by atoms with van der Waals surface area (Å²) in [6.45, 7) is 1.56. The van der Waals surface area contributed by atoms with Crippen molar-refractivity contribution in [2.45, 2.75) is 19.6 Å². The third-order valence-corrected chi connectivity index (χ3v) is 1.96. The fourth-order valence-electron chi connectivity index (χ4n) is 1.38. The highest BCUT2D eigenvalue weighted by Crippen LogP contribution is 2.28. The highest BCUT2D eigenvalue weighted by molar-refractivity contribution is 5.41. The lowest BCUT2D eigenvalue weighted by atomic mass is 10.0. The van der Waals surface area contributed by atoms with Crippen molar-refractivity contribution in [3.8, 4) is 5.75 Å². The van der Waals surface area contributed by atoms with E-state index in [1.165, 1.54) is 0 Å². The van der Waals surface area contributed by atoms with Crippen molar-refractivity contribution in [3.63, 3.8) is 0 Å². The molecule has 1 rings (SSSR count). The molecule has 0 aliphatic heterocycles. The molecule has 1 aromatic rings. The molecule has 0 saturated carbocycles. The predicted molar refractivity (Wildman–Crippen MR) is 49.6 cm³/mol. The number of rotatable bonds is 3. The van der Waals surface area contributed by atoms with Crippen LogP contribution in [0.2, 0.25) is 0 Å². The minimum Gasteiger partial charge on any atom is -0.496 e. The second-order valence-corrected chi connectivity index (χ2v) is 2.87. The number of hydrogen-bond donors (Lipinski definition) is 2. The Morgan fingerprint density at radius 1 is 1.46 bits per heavy atom. The number of aliphatic hydroxyl groups is 2. The van der Waals surface area contributed by atoms with Gasteiger partial charge in [-0.2, -0.15) is 0 Å². The van der Waals surface area contributed by atoms with E-state index in [9.17, 15) is 5.11 Å². The second-order valence-electron chi connectivity index (χ2n) is 2.87. The molecule has 0 fully saturated rings. The standard InChI is InChI=1S/C10H14O3/c1-7(12)10-8(6-11)4-3-5-9(10)13-2/h3-5,7,11-12H,6H2,1-2H3. The van der Waals surface area contributed by atoms with Crippen LogP contribution in [0.25, 0.3) is 0 Å². The molecule has 1 atom stereocenters. The summed E-state index contributed by atoms with van der Waals surface area (Å²) in [6.07, 6.45) is -0.627. The molecule has 3 heteroatoms. The average Bonchev–Trinajstić information content (AvgIpc) is 2.16. The predicted octanol–water partition coefficient (Wildman–Crippen LogP) is 1.24. The van der Waals surface area contributed by atoms with Crippen LogP contribution in [-0.4, -0.2) is 17.3 Å². The van der Waals surface area contributed by atoms with E-state index in [0.29, 0.717) is 16.9 Å². The molecule has 1 aromatic carbocycles. The van der Waals surface area contributed by atoms with Gasteiger partial charge in [-0.3, -0.25) is 0 Å². The van der Waals surface area contributed by atoms with Gasteiger partial charge in [-0.15, -0.1) is 0 Å². The van der Waals surface area contributed by atoms with E-state index in [1.54, 1.807) is 32.2 Å². The van der Waals surface area contributed by atoms with Crippen LogP contribution >= 0.6 is 0 Å². The summed E-state index contributed by atoms with van der Waals surface area (Å²) in [5, 5.41) is 18.5. The number of benzene rings is 1. The Morgan fingerprint density at radius 3 is 2.62 bits per heavy atom. The van der Waals surface area contributed by atoms with Crippen molar-refractivity contribution in [2.24, 2.45) is 0 Å². The van der Waals surface area contributed by atoms with Gasteiger partial charge < -0.3 is 14.9 Å². The largest absolute Gasteiger partial charge is 0.496 e. The summed E-state index contributed by atoms with van der Waals surface area (Å²) in [4.78, 5) is 0. The van der Waals surface area contributed by atoms with Crippen LogP contribution in [0.1, 0.15) is 24.2 Å². The van der Waals surface area contributed by atoms with Crippen LogP contribution in [0, 0.1) is 0 Å². The smallest absolute Gasteiger partial charge is 0.125 e. The molecule has 0 aromatic heterocycles. The third kappa shape index (κ3) is 1.99. The van der Waals surface area contributed by atoms with Crippen LogP contribution in [0.5, 0.6) is 5.75 Å². The Bertz CT molecular complexity index is 259. The summed E-state index contributed by atoms with van der Waals surface area (Å²) in [7, 11) is 1.54. The van der Waals surface area contributed by atoms with Crippen LogP contribution in [0.3, 0.4) is 0 Å². The topological polar surface area (TPSA) is 49.7 Å². The van der Waals surface area contributed by atoms with Gasteiger partial charge in [-0.05, 0) is 18.6 Å². The molecule has 3 nitrogen and oxygen atoms in total. The Kier molecular flexibility index (Phi) is 3.28. The van der Waals surface area contributed by atoms with Gasteiger partial charge in [0.05, 0.1) is 19.8 Å². The van der Waals surface area contributed by atoms with Crippen LogP contribution in [0.4, 0.5) is 0 Å². The molecule has 0 heterocycles. The Morgan fingerprint density at radius 2 is 2.15 bits per heavy atom. The molecule has 1 unspecified atom stereocenters. The van der Waals surface area contributed by atoms with Crippen LogP contribution in [0.15, 0.2) is 18.2 Å². The quantitative estimate of drug-likeness (QED) is 0.739. The maximum absolute atomic E-state index is 9.46. The van der Waals surface area contributed by atoms with Crippen molar-refractivity contribution in [1.82, 2.24) is 0 Å². The molecule has 2 N–H and O–H groups in total. The number of aliphatic hydroxyl groups excluding tert-OH is 2. The molecule has 0 radical (unpaired) electrons. The molecule has 0 amide bonds. The van der Waals surface area contributed by atoms with Gasteiger partial charge >= 0.3 is 0 Å². The van der Waals surface area contributed by atoms with E-state index in [0.717, 1.165) is 0 Å². The van der Waals surface area contributed by atoms with Crippen LogP contribution in [-0.2, 0) is 6.61 Å². The number of ether oxygens (including phenoxy) is 1. The molecule has 0 aliphatic carbocycles. The number of methoxy groups -OCH3 is 1. The van der Waals surface area contributed by atoms with Crippen molar-refractivity contribution in [2.75, 3.05) is 7.11 Å². The first-order chi connectivity index (χ1) is 6.20. The van der Waals surface area contributed by atoms with E-state index in [4.69, 9.17) is 9.84 Å². The lowest BCUT2D eigenvalue weighted by Crippen LogP contribution is -2.01. The highest BCUT2D eigenvalue weighted by atomic mass is 16.5. The van der Waals surface area contributed by atoms with Crippen molar-refractivity contribution in [3.05, 3.63) is 29.3 Å². The number of hydrogen-bond acceptors (Lipinski definition) is 3. The fourth-order valence-corrected chi connectivity index (χ4v) is 1.38. The van der Waals surface area contributed by atoms with E-state index in [-0.39, 0.29) is 6.61 Å². The maximum Gasteiger partial charge on any atom is 0.125 e. The first kappa shape index (κ1) is 10.0. The monoisotopic (exact) mass is 182 g/mol. The minimum atomic E-state index is -0.627. The van der Waals surface area contributed by atoms with Crippen molar-refractivity contribution in [1.29, 1.82) is 0 Å². The lowest BCUT2D eigenvalue weighted by molar-refractivity contribution is 0.188. The summed E-state index contributed by atoms with van der Waals surface area (Å²) in [5.74, 6) is 0.613. The summed E-state index contributed by atoms with van der Waals surface area (Å²) < 4.78 is 5.08. The van der Waals surface area contributed by atoms with Gasteiger partial charge in [0.2, 0.25) is 0 Å².